The van der Waals surface area contributed by atoms with Crippen molar-refractivity contribution in [1.82, 2.24) is 0 Å². The topological polar surface area (TPSA) is 78.9 Å². The molecule has 6 nitrogen and oxygen atoms in total. The number of rotatable bonds is 46. The molecule has 1 atom stereocenters. The van der Waals surface area contributed by atoms with Crippen molar-refractivity contribution in [3.8, 4) is 0 Å². The first-order valence-corrected chi connectivity index (χ1v) is 25.6. The van der Waals surface area contributed by atoms with E-state index in [2.05, 4.69) is 69.4 Å². The lowest BCUT2D eigenvalue weighted by Crippen LogP contribution is -2.30. The van der Waals surface area contributed by atoms with Gasteiger partial charge < -0.3 is 14.2 Å². The second kappa shape index (κ2) is 49.0. The maximum atomic E-state index is 12.8. The van der Waals surface area contributed by atoms with Gasteiger partial charge in [0.1, 0.15) is 13.2 Å². The molecule has 0 unspecified atom stereocenters. The number of hydrogen-bond acceptors (Lipinski definition) is 6. The molecule has 0 spiro atoms. The van der Waals surface area contributed by atoms with Crippen molar-refractivity contribution in [3.05, 3.63) is 48.6 Å². The van der Waals surface area contributed by atoms with Gasteiger partial charge in [-0.2, -0.15) is 0 Å². The Hall–Kier alpha value is -2.63. The van der Waals surface area contributed by atoms with Gasteiger partial charge in [-0.3, -0.25) is 14.4 Å². The lowest BCUT2D eigenvalue weighted by Gasteiger charge is -2.18. The van der Waals surface area contributed by atoms with Crippen LogP contribution in [0.3, 0.4) is 0 Å². The minimum Gasteiger partial charge on any atom is -0.462 e. The summed E-state index contributed by atoms with van der Waals surface area (Å²) < 4.78 is 16.7. The molecule has 0 aliphatic heterocycles. The molecule has 0 radical (unpaired) electrons. The monoisotopic (exact) mass is 841 g/mol. The van der Waals surface area contributed by atoms with Crippen molar-refractivity contribution in [3.63, 3.8) is 0 Å². The highest BCUT2D eigenvalue weighted by Crippen LogP contribution is 2.15. The highest BCUT2D eigenvalue weighted by atomic mass is 16.6. The summed E-state index contributed by atoms with van der Waals surface area (Å²) >= 11 is 0. The molecule has 60 heavy (non-hydrogen) atoms. The van der Waals surface area contributed by atoms with E-state index in [1.165, 1.54) is 148 Å². The van der Waals surface area contributed by atoms with Crippen LogP contribution in [0.2, 0.25) is 0 Å². The van der Waals surface area contributed by atoms with Gasteiger partial charge in [-0.25, -0.2) is 0 Å². The molecule has 0 aliphatic carbocycles. The second-order valence-corrected chi connectivity index (χ2v) is 17.1. The first-order chi connectivity index (χ1) is 29.5. The highest BCUT2D eigenvalue weighted by Gasteiger charge is 2.19. The molecule has 0 amide bonds. The minimum atomic E-state index is -0.789. The zero-order valence-electron chi connectivity index (χ0n) is 39.7. The Morgan fingerprint density at radius 2 is 0.617 bits per heavy atom. The Bertz CT molecular complexity index is 1060. The molecule has 0 aromatic heterocycles. The van der Waals surface area contributed by atoms with E-state index in [1.54, 1.807) is 0 Å². The van der Waals surface area contributed by atoms with Crippen molar-refractivity contribution in [2.24, 2.45) is 0 Å². The first-order valence-electron chi connectivity index (χ1n) is 25.6. The fourth-order valence-electron chi connectivity index (χ4n) is 7.20. The largest absolute Gasteiger partial charge is 0.462 e. The van der Waals surface area contributed by atoms with E-state index in [9.17, 15) is 14.4 Å². The average Bonchev–Trinajstić information content (AvgIpc) is 3.24. The molecule has 0 heterocycles. The van der Waals surface area contributed by atoms with E-state index >= 15 is 0 Å². The second-order valence-electron chi connectivity index (χ2n) is 17.1. The maximum absolute atomic E-state index is 12.8. The predicted molar refractivity (Wildman–Crippen MR) is 256 cm³/mol. The number of carbonyl (C=O) groups excluding carboxylic acids is 3. The fourth-order valence-corrected chi connectivity index (χ4v) is 7.20. The molecule has 0 aromatic rings. The number of hydrogen-bond donors (Lipinski definition) is 0. The SMILES string of the molecule is CCCCC/C=C\C/C=C\C/C=C\C/C=C\CCCC(=O)OC[C@H](COC(=O)CCCCCCCCCCCCCC)OC(=O)CCCCCCCCCCCCCCC. The van der Waals surface area contributed by atoms with Crippen LogP contribution >= 0.6 is 0 Å². The number of allylic oxidation sites excluding steroid dienone is 8. The van der Waals surface area contributed by atoms with Crippen LogP contribution in [0.1, 0.15) is 258 Å². The zero-order valence-corrected chi connectivity index (χ0v) is 39.7. The molecule has 0 aromatic carbocycles. The van der Waals surface area contributed by atoms with Crippen LogP contribution in [0, 0.1) is 0 Å². The Balaban J connectivity index is 4.43. The lowest BCUT2D eigenvalue weighted by atomic mass is 10.0. The smallest absolute Gasteiger partial charge is 0.306 e. The third kappa shape index (κ3) is 46.4. The van der Waals surface area contributed by atoms with Crippen molar-refractivity contribution in [2.75, 3.05) is 13.2 Å². The van der Waals surface area contributed by atoms with E-state index < -0.39 is 6.10 Å². The standard InChI is InChI=1S/C54H96O6/c1-4-7-10-13-16-19-22-25-26-27-28-30-32-35-38-41-44-47-53(56)59-50-51(49-58-52(55)46-43-40-37-34-31-24-21-18-15-12-9-6-3)60-54(57)48-45-42-39-36-33-29-23-20-17-14-11-8-5-2/h16,19,25-26,28,30,35,38,51H,4-15,17-18,20-24,27,29,31-34,36-37,39-50H2,1-3H3/b19-16-,26-25-,30-28-,38-35-/t51-/m0/s1. The van der Waals surface area contributed by atoms with Gasteiger partial charge in [-0.05, 0) is 57.8 Å². The molecule has 0 bridgehead atoms. The van der Waals surface area contributed by atoms with Crippen molar-refractivity contribution >= 4 is 17.9 Å². The van der Waals surface area contributed by atoms with E-state index in [4.69, 9.17) is 14.2 Å². The van der Waals surface area contributed by atoms with Gasteiger partial charge in [0.25, 0.3) is 0 Å². The zero-order chi connectivity index (χ0) is 43.7. The molecule has 6 heteroatoms. The lowest BCUT2D eigenvalue weighted by molar-refractivity contribution is -0.167. The maximum Gasteiger partial charge on any atom is 0.306 e. The third-order valence-corrected chi connectivity index (χ3v) is 11.1. The molecule has 0 saturated heterocycles. The third-order valence-electron chi connectivity index (χ3n) is 11.1. The number of unbranched alkanes of at least 4 members (excludes halogenated alkanes) is 27. The summed E-state index contributed by atoms with van der Waals surface area (Å²) in [7, 11) is 0. The van der Waals surface area contributed by atoms with Crippen LogP contribution in [0.15, 0.2) is 48.6 Å². The Kier molecular flexibility index (Phi) is 46.9. The Morgan fingerprint density at radius 3 is 1.00 bits per heavy atom. The number of ether oxygens (including phenoxy) is 3. The van der Waals surface area contributed by atoms with Gasteiger partial charge in [0.05, 0.1) is 0 Å². The predicted octanol–water partition coefficient (Wildman–Crippen LogP) is 16.7. The fraction of sp³-hybridized carbons (Fsp3) is 0.796. The first kappa shape index (κ1) is 57.4. The van der Waals surface area contributed by atoms with Gasteiger partial charge >= 0.3 is 17.9 Å². The summed E-state index contributed by atoms with van der Waals surface area (Å²) in [4.78, 5) is 37.9. The Labute approximate surface area is 371 Å². The summed E-state index contributed by atoms with van der Waals surface area (Å²) in [5, 5.41) is 0. The van der Waals surface area contributed by atoms with Gasteiger partial charge in [-0.1, -0.05) is 230 Å². The number of carbonyl (C=O) groups is 3. The van der Waals surface area contributed by atoms with Gasteiger partial charge in [-0.15, -0.1) is 0 Å². The van der Waals surface area contributed by atoms with Crippen molar-refractivity contribution in [2.45, 2.75) is 264 Å². The molecular formula is C54H96O6. The van der Waals surface area contributed by atoms with Crippen molar-refractivity contribution < 1.29 is 28.6 Å². The van der Waals surface area contributed by atoms with E-state index in [-0.39, 0.29) is 37.5 Å². The number of esters is 3. The molecule has 0 rings (SSSR count). The van der Waals surface area contributed by atoms with E-state index in [1.807, 2.05) is 0 Å². The highest BCUT2D eigenvalue weighted by molar-refractivity contribution is 5.71. The molecule has 0 saturated carbocycles. The van der Waals surface area contributed by atoms with Crippen molar-refractivity contribution in [1.29, 1.82) is 0 Å². The van der Waals surface area contributed by atoms with Crippen LogP contribution < -0.4 is 0 Å². The molecular weight excluding hydrogens is 745 g/mol. The summed E-state index contributed by atoms with van der Waals surface area (Å²) in [5.74, 6) is -0.937. The summed E-state index contributed by atoms with van der Waals surface area (Å²) in [5.41, 5.74) is 0. The van der Waals surface area contributed by atoms with Gasteiger partial charge in [0, 0.05) is 19.3 Å². The van der Waals surface area contributed by atoms with E-state index in [0.717, 1.165) is 64.2 Å². The quantitative estimate of drug-likeness (QED) is 0.0263. The van der Waals surface area contributed by atoms with E-state index in [0.29, 0.717) is 19.3 Å². The average molecular weight is 841 g/mol. The van der Waals surface area contributed by atoms with Crippen LogP contribution in [0.4, 0.5) is 0 Å². The molecule has 348 valence electrons. The van der Waals surface area contributed by atoms with Crippen LogP contribution in [0.5, 0.6) is 0 Å². The van der Waals surface area contributed by atoms with Crippen LogP contribution in [-0.2, 0) is 28.6 Å². The van der Waals surface area contributed by atoms with Crippen LogP contribution in [0.25, 0.3) is 0 Å². The minimum absolute atomic E-state index is 0.0864. The van der Waals surface area contributed by atoms with Gasteiger partial charge in [0.15, 0.2) is 6.10 Å². The Morgan fingerprint density at radius 1 is 0.333 bits per heavy atom. The molecule has 0 fully saturated rings. The van der Waals surface area contributed by atoms with Gasteiger partial charge in [0.2, 0.25) is 0 Å². The normalized spacial score (nSPS) is 12.4. The molecule has 0 aliphatic rings. The summed E-state index contributed by atoms with van der Waals surface area (Å²) in [6, 6.07) is 0. The van der Waals surface area contributed by atoms with Crippen LogP contribution in [-0.4, -0.2) is 37.2 Å². The summed E-state index contributed by atoms with van der Waals surface area (Å²) in [6.07, 6.45) is 58.1. The molecule has 0 N–H and O–H groups in total. The summed E-state index contributed by atoms with van der Waals surface area (Å²) in [6.45, 7) is 6.57.